The van der Waals surface area contributed by atoms with Gasteiger partial charge in [0, 0.05) is 31.7 Å². The number of aryl methyl sites for hydroxylation is 1. The molecule has 0 radical (unpaired) electrons. The zero-order chi connectivity index (χ0) is 22.2. The third-order valence-electron chi connectivity index (χ3n) is 5.55. The van der Waals surface area contributed by atoms with E-state index in [4.69, 9.17) is 0 Å². The Balaban J connectivity index is 1.39. The van der Waals surface area contributed by atoms with Crippen LogP contribution in [0, 0.1) is 18.6 Å². The van der Waals surface area contributed by atoms with E-state index in [2.05, 4.69) is 20.0 Å². The highest BCUT2D eigenvalue weighted by molar-refractivity contribution is 5.94. The lowest BCUT2D eigenvalue weighted by Gasteiger charge is -2.35. The average molecular weight is 434 g/mol. The van der Waals surface area contributed by atoms with Gasteiger partial charge >= 0.3 is 0 Å². The van der Waals surface area contributed by atoms with Crippen molar-refractivity contribution in [3.05, 3.63) is 77.8 Å². The number of hydrogen-bond acceptors (Lipinski definition) is 5. The van der Waals surface area contributed by atoms with Crippen LogP contribution < -0.4 is 4.90 Å². The third-order valence-corrected chi connectivity index (χ3v) is 5.55. The molecule has 0 atom stereocenters. The van der Waals surface area contributed by atoms with Crippen molar-refractivity contribution in [1.82, 2.24) is 24.6 Å². The Labute approximate surface area is 182 Å². The second kappa shape index (κ2) is 7.99. The number of carbonyl (C=O) groups excluding carboxylic acids is 1. The first-order valence-corrected chi connectivity index (χ1v) is 10.3. The number of fused-ring (bicyclic) bond motifs is 1. The molecule has 9 heteroatoms. The zero-order valence-corrected chi connectivity index (χ0v) is 17.4. The number of carbonyl (C=O) groups is 1. The largest absolute Gasteiger partial charge is 0.352 e. The highest BCUT2D eigenvalue weighted by Crippen LogP contribution is 2.27. The van der Waals surface area contributed by atoms with Crippen molar-refractivity contribution in [2.75, 3.05) is 31.1 Å². The highest BCUT2D eigenvalue weighted by Gasteiger charge is 2.25. The van der Waals surface area contributed by atoms with Gasteiger partial charge in [0.05, 0.1) is 17.3 Å². The standard InChI is InChI=1S/C23H20F2N6O/c1-15-27-21(20-14-26-31(22(20)28-15)19-8-6-18(25)7-9-19)29-10-12-30(13-11-29)23(32)16-2-4-17(24)5-3-16/h2-9,14H,10-13H2,1H3. The monoisotopic (exact) mass is 434 g/mol. The fourth-order valence-corrected chi connectivity index (χ4v) is 3.91. The van der Waals surface area contributed by atoms with Crippen molar-refractivity contribution in [3.8, 4) is 5.69 Å². The van der Waals surface area contributed by atoms with Gasteiger partial charge in [0.2, 0.25) is 0 Å². The molecule has 0 saturated carbocycles. The summed E-state index contributed by atoms with van der Waals surface area (Å²) in [6, 6.07) is 11.7. The van der Waals surface area contributed by atoms with Gasteiger partial charge in [-0.3, -0.25) is 4.79 Å². The molecule has 0 N–H and O–H groups in total. The van der Waals surface area contributed by atoms with Crippen molar-refractivity contribution >= 4 is 22.8 Å². The number of piperazine rings is 1. The normalized spacial score (nSPS) is 14.2. The lowest BCUT2D eigenvalue weighted by Crippen LogP contribution is -2.49. The number of rotatable bonds is 3. The average Bonchev–Trinajstić information content (AvgIpc) is 3.23. The van der Waals surface area contributed by atoms with Crippen LogP contribution in [0.1, 0.15) is 16.2 Å². The minimum atomic E-state index is -0.365. The summed E-state index contributed by atoms with van der Waals surface area (Å²) in [5, 5.41) is 5.24. The smallest absolute Gasteiger partial charge is 0.253 e. The molecule has 2 aromatic carbocycles. The second-order valence-corrected chi connectivity index (χ2v) is 7.65. The molecule has 4 aromatic rings. The van der Waals surface area contributed by atoms with Gasteiger partial charge in [0.15, 0.2) is 5.65 Å². The van der Waals surface area contributed by atoms with Crippen LogP contribution in [-0.4, -0.2) is 56.7 Å². The van der Waals surface area contributed by atoms with Crippen LogP contribution in [0.5, 0.6) is 0 Å². The van der Waals surface area contributed by atoms with Crippen molar-refractivity contribution < 1.29 is 13.6 Å². The molecule has 1 fully saturated rings. The number of nitrogens with zero attached hydrogens (tertiary/aromatic N) is 6. The van der Waals surface area contributed by atoms with Crippen molar-refractivity contribution in [3.63, 3.8) is 0 Å². The molecule has 2 aromatic heterocycles. The van der Waals surface area contributed by atoms with Crippen molar-refractivity contribution in [1.29, 1.82) is 0 Å². The van der Waals surface area contributed by atoms with Gasteiger partial charge in [-0.05, 0) is 55.5 Å². The maximum atomic E-state index is 13.3. The molecule has 162 valence electrons. The molecule has 7 nitrogen and oxygen atoms in total. The van der Waals surface area contributed by atoms with E-state index in [0.29, 0.717) is 48.9 Å². The molecule has 32 heavy (non-hydrogen) atoms. The van der Waals surface area contributed by atoms with Crippen LogP contribution in [-0.2, 0) is 0 Å². The van der Waals surface area contributed by atoms with E-state index in [1.54, 1.807) is 27.9 Å². The van der Waals surface area contributed by atoms with Crippen LogP contribution in [0.2, 0.25) is 0 Å². The summed E-state index contributed by atoms with van der Waals surface area (Å²) in [5.41, 5.74) is 1.82. The van der Waals surface area contributed by atoms with Gasteiger partial charge < -0.3 is 9.80 Å². The van der Waals surface area contributed by atoms with E-state index >= 15 is 0 Å². The van der Waals surface area contributed by atoms with Gasteiger partial charge in [-0.25, -0.2) is 23.4 Å². The van der Waals surface area contributed by atoms with Crippen LogP contribution in [0.4, 0.5) is 14.6 Å². The number of hydrogen-bond donors (Lipinski definition) is 0. The van der Waals surface area contributed by atoms with E-state index in [1.807, 2.05) is 6.92 Å². The Kier molecular flexibility index (Phi) is 5.01. The lowest BCUT2D eigenvalue weighted by atomic mass is 10.1. The number of halogens is 2. The van der Waals surface area contributed by atoms with E-state index in [-0.39, 0.29) is 17.5 Å². The molecule has 0 aliphatic carbocycles. The molecule has 0 bridgehead atoms. The summed E-state index contributed by atoms with van der Waals surface area (Å²) in [6.07, 6.45) is 1.71. The molecule has 5 rings (SSSR count). The predicted octanol–water partition coefficient (Wildman–Crippen LogP) is 3.36. The maximum Gasteiger partial charge on any atom is 0.253 e. The summed E-state index contributed by atoms with van der Waals surface area (Å²) in [5.74, 6) is 0.564. The van der Waals surface area contributed by atoms with E-state index in [9.17, 15) is 13.6 Å². The number of aromatic nitrogens is 4. The van der Waals surface area contributed by atoms with Gasteiger partial charge in [0.25, 0.3) is 5.91 Å². The lowest BCUT2D eigenvalue weighted by molar-refractivity contribution is 0.0746. The number of benzene rings is 2. The Morgan fingerprint density at radius 2 is 1.50 bits per heavy atom. The molecular formula is C23H20F2N6O. The van der Waals surface area contributed by atoms with Crippen molar-refractivity contribution in [2.45, 2.75) is 6.92 Å². The molecule has 0 spiro atoms. The van der Waals surface area contributed by atoms with Gasteiger partial charge in [-0.15, -0.1) is 0 Å². The molecule has 1 amide bonds. The Bertz CT molecular complexity index is 1280. The van der Waals surface area contributed by atoms with E-state index in [0.717, 1.165) is 11.2 Å². The summed E-state index contributed by atoms with van der Waals surface area (Å²) in [6.45, 7) is 4.05. The van der Waals surface area contributed by atoms with Crippen LogP contribution in [0.3, 0.4) is 0 Å². The summed E-state index contributed by atoms with van der Waals surface area (Å²) in [4.78, 5) is 25.8. The fourth-order valence-electron chi connectivity index (χ4n) is 3.91. The minimum absolute atomic E-state index is 0.113. The first kappa shape index (κ1) is 20.0. The van der Waals surface area contributed by atoms with Crippen LogP contribution in [0.25, 0.3) is 16.7 Å². The minimum Gasteiger partial charge on any atom is -0.352 e. The Morgan fingerprint density at radius 3 is 2.16 bits per heavy atom. The molecule has 0 unspecified atom stereocenters. The van der Waals surface area contributed by atoms with Crippen LogP contribution in [0.15, 0.2) is 54.7 Å². The molecule has 1 saturated heterocycles. The first-order chi connectivity index (χ1) is 15.5. The zero-order valence-electron chi connectivity index (χ0n) is 17.4. The molecule has 1 aliphatic rings. The molecular weight excluding hydrogens is 414 g/mol. The quantitative estimate of drug-likeness (QED) is 0.495. The predicted molar refractivity (Wildman–Crippen MR) is 116 cm³/mol. The van der Waals surface area contributed by atoms with Crippen LogP contribution >= 0.6 is 0 Å². The fraction of sp³-hybridized carbons (Fsp3) is 0.217. The molecule has 3 heterocycles. The van der Waals surface area contributed by atoms with Gasteiger partial charge in [-0.1, -0.05) is 0 Å². The second-order valence-electron chi connectivity index (χ2n) is 7.65. The summed E-state index contributed by atoms with van der Waals surface area (Å²) < 4.78 is 28.1. The third kappa shape index (κ3) is 3.66. The van der Waals surface area contributed by atoms with Crippen molar-refractivity contribution in [2.24, 2.45) is 0 Å². The summed E-state index contributed by atoms with van der Waals surface area (Å²) in [7, 11) is 0. The number of anilines is 1. The Morgan fingerprint density at radius 1 is 0.875 bits per heavy atom. The van der Waals surface area contributed by atoms with E-state index in [1.165, 1.54) is 36.4 Å². The topological polar surface area (TPSA) is 67.2 Å². The maximum absolute atomic E-state index is 13.3. The summed E-state index contributed by atoms with van der Waals surface area (Å²) >= 11 is 0. The van der Waals surface area contributed by atoms with Gasteiger partial charge in [-0.2, -0.15) is 5.10 Å². The number of amides is 1. The first-order valence-electron chi connectivity index (χ1n) is 10.3. The molecule has 1 aliphatic heterocycles. The highest BCUT2D eigenvalue weighted by atomic mass is 19.1. The Hall–Kier alpha value is -3.88. The SMILES string of the molecule is Cc1nc(N2CCN(C(=O)c3ccc(F)cc3)CC2)c2cnn(-c3ccc(F)cc3)c2n1. The van der Waals surface area contributed by atoms with Gasteiger partial charge in [0.1, 0.15) is 23.3 Å². The van der Waals surface area contributed by atoms with E-state index < -0.39 is 0 Å².